The Bertz CT molecular complexity index is 258. The maximum atomic E-state index is 11.7. The Hall–Kier alpha value is -0.830. The number of hydrogen-bond donors (Lipinski definition) is 2. The van der Waals surface area contributed by atoms with E-state index in [0.717, 1.165) is 19.4 Å². The summed E-state index contributed by atoms with van der Waals surface area (Å²) in [5.74, 6) is 0.0911. The highest BCUT2D eigenvalue weighted by Gasteiger charge is 2.24. The van der Waals surface area contributed by atoms with E-state index in [0.29, 0.717) is 0 Å². The molecule has 3 heteroatoms. The molecule has 86 valence electrons. The van der Waals surface area contributed by atoms with E-state index in [9.17, 15) is 4.79 Å². The maximum absolute atomic E-state index is 11.7. The zero-order valence-corrected chi connectivity index (χ0v) is 9.92. The van der Waals surface area contributed by atoms with Gasteiger partial charge in [0.2, 0.25) is 5.91 Å². The summed E-state index contributed by atoms with van der Waals surface area (Å²) in [5, 5.41) is 2.99. The van der Waals surface area contributed by atoms with Crippen LogP contribution in [0.4, 0.5) is 0 Å². The monoisotopic (exact) mass is 210 g/mol. The molecule has 0 saturated heterocycles. The molecule has 0 fully saturated rings. The number of hydrogen-bond acceptors (Lipinski definition) is 2. The van der Waals surface area contributed by atoms with Gasteiger partial charge in [0.1, 0.15) is 0 Å². The first kappa shape index (κ1) is 12.2. The van der Waals surface area contributed by atoms with Gasteiger partial charge < -0.3 is 11.1 Å². The summed E-state index contributed by atoms with van der Waals surface area (Å²) in [7, 11) is 0. The Labute approximate surface area is 92.1 Å². The van der Waals surface area contributed by atoms with Crippen molar-refractivity contribution in [1.82, 2.24) is 5.32 Å². The lowest BCUT2D eigenvalue weighted by atomic mass is 9.90. The van der Waals surface area contributed by atoms with Crippen LogP contribution in [-0.2, 0) is 4.79 Å². The summed E-state index contributed by atoms with van der Waals surface area (Å²) in [6.07, 6.45) is 5.64. The van der Waals surface area contributed by atoms with Crippen molar-refractivity contribution in [2.75, 3.05) is 6.54 Å². The SMILES string of the molecule is CCC(C)(C)CNC(=O)C1C=CC(N)C1. The average Bonchev–Trinajstić information content (AvgIpc) is 2.61. The fourth-order valence-electron chi connectivity index (χ4n) is 1.50. The quantitative estimate of drug-likeness (QED) is 0.690. The summed E-state index contributed by atoms with van der Waals surface area (Å²) >= 11 is 0. The van der Waals surface area contributed by atoms with Gasteiger partial charge in [-0.1, -0.05) is 32.9 Å². The van der Waals surface area contributed by atoms with E-state index in [4.69, 9.17) is 5.73 Å². The van der Waals surface area contributed by atoms with Gasteiger partial charge in [0, 0.05) is 12.6 Å². The van der Waals surface area contributed by atoms with Gasteiger partial charge in [0.15, 0.2) is 0 Å². The third-order valence-electron chi connectivity index (χ3n) is 3.15. The molecule has 1 rings (SSSR count). The highest BCUT2D eigenvalue weighted by molar-refractivity contribution is 5.81. The fraction of sp³-hybridized carbons (Fsp3) is 0.750. The molecule has 0 aromatic heterocycles. The Balaban J connectivity index is 2.34. The second kappa shape index (κ2) is 4.79. The number of nitrogens with one attached hydrogen (secondary N) is 1. The molecule has 3 nitrogen and oxygen atoms in total. The predicted molar refractivity (Wildman–Crippen MR) is 62.3 cm³/mol. The summed E-state index contributed by atoms with van der Waals surface area (Å²) in [6.45, 7) is 7.19. The molecule has 2 atom stereocenters. The van der Waals surface area contributed by atoms with Crippen LogP contribution in [-0.4, -0.2) is 18.5 Å². The Morgan fingerprint density at radius 1 is 1.53 bits per heavy atom. The van der Waals surface area contributed by atoms with E-state index >= 15 is 0 Å². The third-order valence-corrected chi connectivity index (χ3v) is 3.15. The molecule has 1 aliphatic rings. The van der Waals surface area contributed by atoms with Gasteiger partial charge >= 0.3 is 0 Å². The first-order chi connectivity index (χ1) is 6.94. The van der Waals surface area contributed by atoms with Crippen molar-refractivity contribution in [1.29, 1.82) is 0 Å². The number of amides is 1. The number of nitrogens with two attached hydrogens (primary N) is 1. The Morgan fingerprint density at radius 3 is 2.67 bits per heavy atom. The molecule has 3 N–H and O–H groups in total. The van der Waals surface area contributed by atoms with Crippen LogP contribution in [0.5, 0.6) is 0 Å². The molecule has 1 aliphatic carbocycles. The fourth-order valence-corrected chi connectivity index (χ4v) is 1.50. The maximum Gasteiger partial charge on any atom is 0.227 e. The van der Waals surface area contributed by atoms with Crippen molar-refractivity contribution < 1.29 is 4.79 Å². The molecule has 0 aromatic carbocycles. The summed E-state index contributed by atoms with van der Waals surface area (Å²) in [6, 6.07) is 0.0555. The lowest BCUT2D eigenvalue weighted by Gasteiger charge is -2.23. The van der Waals surface area contributed by atoms with Crippen molar-refractivity contribution in [2.24, 2.45) is 17.1 Å². The molecule has 0 aromatic rings. The Kier molecular flexibility index (Phi) is 3.91. The Morgan fingerprint density at radius 2 is 2.20 bits per heavy atom. The van der Waals surface area contributed by atoms with Crippen molar-refractivity contribution in [3.63, 3.8) is 0 Å². The summed E-state index contributed by atoms with van der Waals surface area (Å²) in [5.41, 5.74) is 5.88. The number of carbonyl (C=O) groups is 1. The number of rotatable bonds is 4. The van der Waals surface area contributed by atoms with Crippen molar-refractivity contribution in [2.45, 2.75) is 39.7 Å². The largest absolute Gasteiger partial charge is 0.355 e. The molecule has 2 unspecified atom stereocenters. The van der Waals surface area contributed by atoms with Crippen LogP contribution >= 0.6 is 0 Å². The van der Waals surface area contributed by atoms with Gasteiger partial charge in [-0.05, 0) is 18.3 Å². The molecule has 0 bridgehead atoms. The van der Waals surface area contributed by atoms with Crippen molar-refractivity contribution in [3.8, 4) is 0 Å². The second-order valence-electron chi connectivity index (χ2n) is 5.13. The van der Waals surface area contributed by atoms with Crippen molar-refractivity contribution in [3.05, 3.63) is 12.2 Å². The summed E-state index contributed by atoms with van der Waals surface area (Å²) < 4.78 is 0. The molecular weight excluding hydrogens is 188 g/mol. The van der Waals surface area contributed by atoms with Gasteiger partial charge in [-0.15, -0.1) is 0 Å². The molecule has 15 heavy (non-hydrogen) atoms. The smallest absolute Gasteiger partial charge is 0.227 e. The lowest BCUT2D eigenvalue weighted by molar-refractivity contribution is -0.124. The first-order valence-corrected chi connectivity index (χ1v) is 5.66. The molecule has 0 radical (unpaired) electrons. The van der Waals surface area contributed by atoms with E-state index in [1.165, 1.54) is 0 Å². The van der Waals surface area contributed by atoms with E-state index in [2.05, 4.69) is 26.1 Å². The van der Waals surface area contributed by atoms with Gasteiger partial charge in [-0.25, -0.2) is 0 Å². The lowest BCUT2D eigenvalue weighted by Crippen LogP contribution is -2.37. The van der Waals surface area contributed by atoms with Gasteiger partial charge in [-0.3, -0.25) is 4.79 Å². The van der Waals surface area contributed by atoms with E-state index in [-0.39, 0.29) is 23.3 Å². The van der Waals surface area contributed by atoms with Crippen molar-refractivity contribution >= 4 is 5.91 Å². The molecule has 0 spiro atoms. The minimum absolute atomic E-state index is 0.0207. The predicted octanol–water partition coefficient (Wildman–Crippen LogP) is 1.44. The molecular formula is C12H22N2O. The third kappa shape index (κ3) is 3.67. The van der Waals surface area contributed by atoms with Crippen LogP contribution in [0.25, 0.3) is 0 Å². The van der Waals surface area contributed by atoms with Crippen LogP contribution in [0.1, 0.15) is 33.6 Å². The molecule has 1 amide bonds. The first-order valence-electron chi connectivity index (χ1n) is 5.66. The molecule has 0 aliphatic heterocycles. The van der Waals surface area contributed by atoms with E-state index in [1.807, 2.05) is 12.2 Å². The molecule has 0 saturated carbocycles. The van der Waals surface area contributed by atoms with E-state index < -0.39 is 0 Å². The van der Waals surface area contributed by atoms with E-state index in [1.54, 1.807) is 0 Å². The highest BCUT2D eigenvalue weighted by atomic mass is 16.1. The zero-order valence-electron chi connectivity index (χ0n) is 9.92. The van der Waals surface area contributed by atoms with Crippen LogP contribution in [0.2, 0.25) is 0 Å². The highest BCUT2D eigenvalue weighted by Crippen LogP contribution is 2.20. The van der Waals surface area contributed by atoms with Gasteiger partial charge in [-0.2, -0.15) is 0 Å². The number of carbonyl (C=O) groups excluding carboxylic acids is 1. The standard InChI is InChI=1S/C12H22N2O/c1-4-12(2,3)8-14-11(15)9-5-6-10(13)7-9/h5-6,9-10H,4,7-8,13H2,1-3H3,(H,14,15). The zero-order chi connectivity index (χ0) is 11.5. The molecule has 0 heterocycles. The minimum Gasteiger partial charge on any atom is -0.355 e. The summed E-state index contributed by atoms with van der Waals surface area (Å²) in [4.78, 5) is 11.7. The van der Waals surface area contributed by atoms with Gasteiger partial charge in [0.05, 0.1) is 5.92 Å². The van der Waals surface area contributed by atoms with Crippen LogP contribution in [0, 0.1) is 11.3 Å². The second-order valence-corrected chi connectivity index (χ2v) is 5.13. The van der Waals surface area contributed by atoms with Crippen LogP contribution in [0.3, 0.4) is 0 Å². The van der Waals surface area contributed by atoms with Crippen LogP contribution < -0.4 is 11.1 Å². The van der Waals surface area contributed by atoms with Gasteiger partial charge in [0.25, 0.3) is 0 Å². The van der Waals surface area contributed by atoms with Crippen LogP contribution in [0.15, 0.2) is 12.2 Å². The minimum atomic E-state index is -0.0207. The normalized spacial score (nSPS) is 25.6. The topological polar surface area (TPSA) is 55.1 Å². The average molecular weight is 210 g/mol.